The summed E-state index contributed by atoms with van der Waals surface area (Å²) in [5, 5.41) is 6.41. The van der Waals surface area contributed by atoms with Crippen molar-refractivity contribution in [2.75, 3.05) is 5.32 Å². The predicted molar refractivity (Wildman–Crippen MR) is 66.7 cm³/mol. The Kier molecular flexibility index (Phi) is 2.63. The number of nitrogens with zero attached hydrogens (tertiary/aromatic N) is 2. The van der Waals surface area contributed by atoms with E-state index in [1.807, 2.05) is 0 Å². The van der Waals surface area contributed by atoms with E-state index in [-0.39, 0.29) is 5.56 Å². The molecule has 96 valence electrons. The lowest BCUT2D eigenvalue weighted by molar-refractivity contribution is -0.112. The van der Waals surface area contributed by atoms with E-state index >= 15 is 0 Å². The van der Waals surface area contributed by atoms with Crippen LogP contribution in [0.4, 0.5) is 10.1 Å². The second-order valence-corrected chi connectivity index (χ2v) is 5.18. The fraction of sp³-hybridized carbons (Fsp3) is 0.0833. The number of benzene rings is 1. The lowest BCUT2D eigenvalue weighted by atomic mass is 10.1. The smallest absolute Gasteiger partial charge is 0.296 e. The van der Waals surface area contributed by atoms with Gasteiger partial charge in [-0.15, -0.1) is 0 Å². The second kappa shape index (κ2) is 4.20. The van der Waals surface area contributed by atoms with Crippen LogP contribution in [-0.4, -0.2) is 21.5 Å². The first-order chi connectivity index (χ1) is 9.04. The number of Topliss-reactive ketones (excluding diaryl/α,β-unsaturated/α-hetero) is 1. The highest BCUT2D eigenvalue weighted by Gasteiger charge is 2.29. The molecule has 2 aromatic rings. The lowest BCUT2D eigenvalue weighted by Crippen LogP contribution is -2.12. The standard InChI is InChI=1S/C12H8FN3O2S/c1-16-5-6(4-14-16)19-10-3-9-7(2-8(10)13)11(17)12(18)15-9/h2-5H,1H3,(H,15,17,18). The van der Waals surface area contributed by atoms with Crippen molar-refractivity contribution in [2.45, 2.75) is 9.79 Å². The van der Waals surface area contributed by atoms with Crippen LogP contribution in [0.3, 0.4) is 0 Å². The fourth-order valence-corrected chi connectivity index (χ4v) is 2.69. The third-order valence-corrected chi connectivity index (χ3v) is 3.66. The van der Waals surface area contributed by atoms with Gasteiger partial charge in [-0.05, 0) is 12.1 Å². The molecule has 1 aromatic heterocycles. The van der Waals surface area contributed by atoms with Crippen molar-refractivity contribution in [1.82, 2.24) is 9.78 Å². The molecule has 1 aromatic carbocycles. The first-order valence-electron chi connectivity index (χ1n) is 5.40. The zero-order valence-electron chi connectivity index (χ0n) is 9.81. The van der Waals surface area contributed by atoms with Crippen LogP contribution in [0.1, 0.15) is 10.4 Å². The number of halogens is 1. The SMILES string of the molecule is Cn1cc(Sc2cc3c(cc2F)C(=O)C(=O)N3)cn1. The van der Waals surface area contributed by atoms with E-state index in [2.05, 4.69) is 10.4 Å². The molecule has 1 amide bonds. The summed E-state index contributed by atoms with van der Waals surface area (Å²) in [6.07, 6.45) is 3.36. The number of ketones is 1. The molecule has 1 N–H and O–H groups in total. The Balaban J connectivity index is 1.98. The largest absolute Gasteiger partial charge is 0.318 e. The normalized spacial score (nSPS) is 13.6. The van der Waals surface area contributed by atoms with Gasteiger partial charge in [-0.2, -0.15) is 5.10 Å². The van der Waals surface area contributed by atoms with E-state index in [1.165, 1.54) is 17.8 Å². The van der Waals surface area contributed by atoms with E-state index < -0.39 is 17.5 Å². The zero-order valence-corrected chi connectivity index (χ0v) is 10.6. The van der Waals surface area contributed by atoms with Crippen LogP contribution in [0.15, 0.2) is 34.3 Å². The molecule has 0 aliphatic carbocycles. The summed E-state index contributed by atoms with van der Waals surface area (Å²) in [4.78, 5) is 23.7. The number of nitrogens with one attached hydrogen (secondary N) is 1. The van der Waals surface area contributed by atoms with Crippen molar-refractivity contribution in [3.05, 3.63) is 35.9 Å². The molecule has 0 bridgehead atoms. The van der Waals surface area contributed by atoms with Gasteiger partial charge < -0.3 is 5.32 Å². The van der Waals surface area contributed by atoms with E-state index in [0.29, 0.717) is 10.6 Å². The Hall–Kier alpha value is -2.15. The van der Waals surface area contributed by atoms with Crippen molar-refractivity contribution in [2.24, 2.45) is 7.05 Å². The maximum atomic E-state index is 13.9. The molecule has 2 heterocycles. The summed E-state index contributed by atoms with van der Waals surface area (Å²) in [5.41, 5.74) is 0.431. The number of aryl methyl sites for hydroxylation is 1. The van der Waals surface area contributed by atoms with Crippen LogP contribution in [0.5, 0.6) is 0 Å². The van der Waals surface area contributed by atoms with Crippen molar-refractivity contribution in [3.8, 4) is 0 Å². The van der Waals surface area contributed by atoms with E-state index in [4.69, 9.17) is 0 Å². The van der Waals surface area contributed by atoms with Crippen molar-refractivity contribution < 1.29 is 14.0 Å². The highest BCUT2D eigenvalue weighted by atomic mass is 32.2. The summed E-state index contributed by atoms with van der Waals surface area (Å²) in [6, 6.07) is 2.55. The number of carbonyl (C=O) groups is 2. The number of carbonyl (C=O) groups excluding carboxylic acids is 2. The van der Waals surface area contributed by atoms with E-state index in [0.717, 1.165) is 11.0 Å². The molecule has 0 saturated heterocycles. The average Bonchev–Trinajstić information content (AvgIpc) is 2.87. The average molecular weight is 277 g/mol. The number of fused-ring (bicyclic) bond motifs is 1. The van der Waals surface area contributed by atoms with Gasteiger partial charge in [-0.25, -0.2) is 4.39 Å². The number of rotatable bonds is 2. The monoisotopic (exact) mass is 277 g/mol. The van der Waals surface area contributed by atoms with Crippen LogP contribution in [-0.2, 0) is 11.8 Å². The topological polar surface area (TPSA) is 64.0 Å². The quantitative estimate of drug-likeness (QED) is 0.851. The lowest BCUT2D eigenvalue weighted by Gasteiger charge is -2.04. The number of hydrogen-bond donors (Lipinski definition) is 1. The van der Waals surface area contributed by atoms with Gasteiger partial charge in [0.2, 0.25) is 0 Å². The van der Waals surface area contributed by atoms with Gasteiger partial charge in [0.1, 0.15) is 5.82 Å². The van der Waals surface area contributed by atoms with Crippen LogP contribution in [0.25, 0.3) is 0 Å². The Bertz CT molecular complexity index is 711. The van der Waals surface area contributed by atoms with Gasteiger partial charge >= 0.3 is 0 Å². The highest BCUT2D eigenvalue weighted by molar-refractivity contribution is 7.99. The Morgan fingerprint density at radius 2 is 2.16 bits per heavy atom. The number of hydrogen-bond acceptors (Lipinski definition) is 4. The predicted octanol–water partition coefficient (Wildman–Crippen LogP) is 1.85. The molecule has 0 atom stereocenters. The highest BCUT2D eigenvalue weighted by Crippen LogP contribution is 2.35. The van der Waals surface area contributed by atoms with Gasteiger partial charge in [0, 0.05) is 13.2 Å². The Morgan fingerprint density at radius 1 is 1.37 bits per heavy atom. The molecule has 7 heteroatoms. The number of anilines is 1. The Labute approximate surface area is 111 Å². The summed E-state index contributed by atoms with van der Waals surface area (Å²) in [6.45, 7) is 0. The molecule has 0 spiro atoms. The maximum Gasteiger partial charge on any atom is 0.296 e. The summed E-state index contributed by atoms with van der Waals surface area (Å²) < 4.78 is 15.5. The molecule has 0 fully saturated rings. The van der Waals surface area contributed by atoms with Crippen LogP contribution >= 0.6 is 11.8 Å². The van der Waals surface area contributed by atoms with Gasteiger partial charge in [0.15, 0.2) is 0 Å². The molecular weight excluding hydrogens is 269 g/mol. The van der Waals surface area contributed by atoms with Gasteiger partial charge in [-0.3, -0.25) is 14.3 Å². The zero-order chi connectivity index (χ0) is 13.6. The van der Waals surface area contributed by atoms with E-state index in [9.17, 15) is 14.0 Å². The molecule has 1 aliphatic heterocycles. The summed E-state index contributed by atoms with van der Waals surface area (Å²) >= 11 is 1.18. The maximum absolute atomic E-state index is 13.9. The molecule has 19 heavy (non-hydrogen) atoms. The molecule has 5 nitrogen and oxygen atoms in total. The molecule has 0 saturated carbocycles. The minimum atomic E-state index is -0.724. The number of amides is 1. The fourth-order valence-electron chi connectivity index (χ4n) is 1.80. The first kappa shape index (κ1) is 11.9. The van der Waals surface area contributed by atoms with Crippen LogP contribution in [0, 0.1) is 5.82 Å². The Morgan fingerprint density at radius 3 is 2.84 bits per heavy atom. The van der Waals surface area contributed by atoms with Gasteiger partial charge in [0.25, 0.3) is 11.7 Å². The first-order valence-corrected chi connectivity index (χ1v) is 6.22. The second-order valence-electron chi connectivity index (χ2n) is 4.06. The summed E-state index contributed by atoms with van der Waals surface area (Å²) in [5.74, 6) is -1.96. The van der Waals surface area contributed by atoms with Gasteiger partial charge in [0.05, 0.1) is 27.2 Å². The third-order valence-electron chi connectivity index (χ3n) is 2.68. The van der Waals surface area contributed by atoms with Crippen molar-refractivity contribution in [3.63, 3.8) is 0 Å². The van der Waals surface area contributed by atoms with Crippen molar-refractivity contribution >= 4 is 29.1 Å². The van der Waals surface area contributed by atoms with Crippen LogP contribution in [0.2, 0.25) is 0 Å². The molecular formula is C12H8FN3O2S. The van der Waals surface area contributed by atoms with Crippen LogP contribution < -0.4 is 5.32 Å². The molecule has 3 rings (SSSR count). The van der Waals surface area contributed by atoms with E-state index in [1.54, 1.807) is 24.1 Å². The minimum Gasteiger partial charge on any atom is -0.318 e. The molecule has 1 aliphatic rings. The number of aromatic nitrogens is 2. The third kappa shape index (κ3) is 2.01. The van der Waals surface area contributed by atoms with Crippen molar-refractivity contribution in [1.29, 1.82) is 0 Å². The van der Waals surface area contributed by atoms with Gasteiger partial charge in [-0.1, -0.05) is 11.8 Å². The minimum absolute atomic E-state index is 0.0815. The summed E-state index contributed by atoms with van der Waals surface area (Å²) in [7, 11) is 1.77. The molecule has 0 radical (unpaired) electrons. The molecule has 0 unspecified atom stereocenters.